The van der Waals surface area contributed by atoms with Gasteiger partial charge in [-0.25, -0.2) is 0 Å². The highest BCUT2D eigenvalue weighted by Crippen LogP contribution is 2.00. The van der Waals surface area contributed by atoms with E-state index >= 15 is 0 Å². The van der Waals surface area contributed by atoms with E-state index in [1.165, 1.54) is 0 Å². The highest BCUT2D eigenvalue weighted by molar-refractivity contribution is 9.11. The first-order valence-corrected chi connectivity index (χ1v) is 4.46. The van der Waals surface area contributed by atoms with E-state index in [1.807, 2.05) is 6.92 Å². The second-order valence-corrected chi connectivity index (χ2v) is 3.75. The largest absolute Gasteiger partial charge is 0.380 e. The Morgan fingerprint density at radius 2 is 2.18 bits per heavy atom. The van der Waals surface area contributed by atoms with Crippen LogP contribution in [0.4, 0.5) is 0 Å². The van der Waals surface area contributed by atoms with Crippen molar-refractivity contribution in [2.75, 3.05) is 13.7 Å². The van der Waals surface area contributed by atoms with E-state index in [4.69, 9.17) is 4.74 Å². The van der Waals surface area contributed by atoms with Gasteiger partial charge in [0.05, 0.1) is 6.10 Å². The Morgan fingerprint density at radius 1 is 1.64 bits per heavy atom. The van der Waals surface area contributed by atoms with Gasteiger partial charge in [-0.15, -0.1) is 0 Å². The molecule has 0 spiro atoms. The standard InChI is InChI=1S/C8H16BrNO/c1-6(9)5-10-7(2)8(3)11-4/h7-8,10H,1,5H2,2-4H3. The first kappa shape index (κ1) is 11.1. The summed E-state index contributed by atoms with van der Waals surface area (Å²) < 4.78 is 6.10. The zero-order chi connectivity index (χ0) is 8.85. The molecule has 0 aliphatic heterocycles. The fourth-order valence-corrected chi connectivity index (χ4v) is 0.804. The van der Waals surface area contributed by atoms with Gasteiger partial charge in [0.25, 0.3) is 0 Å². The number of hydrogen-bond donors (Lipinski definition) is 1. The lowest BCUT2D eigenvalue weighted by Crippen LogP contribution is -2.37. The predicted octanol–water partition coefficient (Wildman–Crippen LogP) is 1.91. The van der Waals surface area contributed by atoms with Crippen molar-refractivity contribution in [1.82, 2.24) is 5.32 Å². The molecule has 0 heterocycles. The van der Waals surface area contributed by atoms with Gasteiger partial charge in [0.2, 0.25) is 0 Å². The molecule has 2 nitrogen and oxygen atoms in total. The topological polar surface area (TPSA) is 21.3 Å². The molecule has 1 N–H and O–H groups in total. The van der Waals surface area contributed by atoms with Crippen LogP contribution in [0, 0.1) is 0 Å². The molecule has 0 saturated heterocycles. The summed E-state index contributed by atoms with van der Waals surface area (Å²) in [5.41, 5.74) is 0. The third-order valence-corrected chi connectivity index (χ3v) is 1.97. The highest BCUT2D eigenvalue weighted by atomic mass is 79.9. The molecule has 66 valence electrons. The Labute approximate surface area is 77.1 Å². The first-order chi connectivity index (χ1) is 5.07. The van der Waals surface area contributed by atoms with Crippen LogP contribution in [0.25, 0.3) is 0 Å². The summed E-state index contributed by atoms with van der Waals surface area (Å²) in [7, 11) is 1.71. The predicted molar refractivity (Wildman–Crippen MR) is 52.0 cm³/mol. The summed E-state index contributed by atoms with van der Waals surface area (Å²) in [5.74, 6) is 0. The maximum atomic E-state index is 5.14. The molecule has 0 saturated carbocycles. The molecule has 2 unspecified atom stereocenters. The van der Waals surface area contributed by atoms with E-state index in [1.54, 1.807) is 7.11 Å². The third-order valence-electron chi connectivity index (χ3n) is 1.69. The van der Waals surface area contributed by atoms with Crippen LogP contribution in [0.3, 0.4) is 0 Å². The van der Waals surface area contributed by atoms with Crippen LogP contribution in [-0.4, -0.2) is 25.8 Å². The number of methoxy groups -OCH3 is 1. The molecular formula is C8H16BrNO. The third kappa shape index (κ3) is 5.41. The highest BCUT2D eigenvalue weighted by Gasteiger charge is 2.09. The van der Waals surface area contributed by atoms with E-state index in [9.17, 15) is 0 Å². The first-order valence-electron chi connectivity index (χ1n) is 3.67. The van der Waals surface area contributed by atoms with Gasteiger partial charge in [0.15, 0.2) is 0 Å². The number of nitrogens with one attached hydrogen (secondary N) is 1. The van der Waals surface area contributed by atoms with E-state index in [-0.39, 0.29) is 6.10 Å². The molecular weight excluding hydrogens is 206 g/mol. The smallest absolute Gasteiger partial charge is 0.0693 e. The maximum Gasteiger partial charge on any atom is 0.0693 e. The second-order valence-electron chi connectivity index (χ2n) is 2.63. The molecule has 0 rings (SSSR count). The minimum absolute atomic E-state index is 0.238. The monoisotopic (exact) mass is 221 g/mol. The fourth-order valence-electron chi connectivity index (χ4n) is 0.642. The Hall–Kier alpha value is 0.140. The molecule has 0 aromatic carbocycles. The molecule has 0 aliphatic carbocycles. The number of halogens is 1. The number of rotatable bonds is 5. The maximum absolute atomic E-state index is 5.14. The summed E-state index contributed by atoms with van der Waals surface area (Å²) in [6.45, 7) is 8.64. The van der Waals surface area contributed by atoms with Crippen molar-refractivity contribution < 1.29 is 4.74 Å². The molecule has 2 atom stereocenters. The van der Waals surface area contributed by atoms with Crippen LogP contribution in [0.2, 0.25) is 0 Å². The lowest BCUT2D eigenvalue weighted by atomic mass is 10.2. The average molecular weight is 222 g/mol. The van der Waals surface area contributed by atoms with E-state index in [0.29, 0.717) is 6.04 Å². The van der Waals surface area contributed by atoms with Gasteiger partial charge in [-0.3, -0.25) is 0 Å². The van der Waals surface area contributed by atoms with Crippen molar-refractivity contribution in [3.05, 3.63) is 11.1 Å². The van der Waals surface area contributed by atoms with Gasteiger partial charge in [-0.1, -0.05) is 22.5 Å². The van der Waals surface area contributed by atoms with Crippen molar-refractivity contribution in [2.24, 2.45) is 0 Å². The SMILES string of the molecule is C=C(Br)CNC(C)C(C)OC. The summed E-state index contributed by atoms with van der Waals surface area (Å²) in [4.78, 5) is 0. The molecule has 11 heavy (non-hydrogen) atoms. The van der Waals surface area contributed by atoms with Gasteiger partial charge >= 0.3 is 0 Å². The van der Waals surface area contributed by atoms with Crippen LogP contribution in [0.15, 0.2) is 11.1 Å². The zero-order valence-electron chi connectivity index (χ0n) is 7.36. The molecule has 3 heteroatoms. The molecule has 0 bridgehead atoms. The second kappa shape index (κ2) is 5.75. The lowest BCUT2D eigenvalue weighted by molar-refractivity contribution is 0.0900. The van der Waals surface area contributed by atoms with Gasteiger partial charge in [0.1, 0.15) is 0 Å². The molecule has 0 amide bonds. The Morgan fingerprint density at radius 3 is 2.55 bits per heavy atom. The van der Waals surface area contributed by atoms with Crippen LogP contribution < -0.4 is 5.32 Å². The van der Waals surface area contributed by atoms with Gasteiger partial charge < -0.3 is 10.1 Å². The van der Waals surface area contributed by atoms with Crippen molar-refractivity contribution >= 4 is 15.9 Å². The zero-order valence-corrected chi connectivity index (χ0v) is 8.94. The van der Waals surface area contributed by atoms with Gasteiger partial charge in [-0.2, -0.15) is 0 Å². The van der Waals surface area contributed by atoms with Crippen molar-refractivity contribution in [3.8, 4) is 0 Å². The average Bonchev–Trinajstić information content (AvgIpc) is 1.98. The van der Waals surface area contributed by atoms with Gasteiger partial charge in [0, 0.05) is 24.2 Å². The van der Waals surface area contributed by atoms with Crippen LogP contribution >= 0.6 is 15.9 Å². The lowest BCUT2D eigenvalue weighted by Gasteiger charge is -2.19. The minimum atomic E-state index is 0.238. The number of hydrogen-bond acceptors (Lipinski definition) is 2. The van der Waals surface area contributed by atoms with E-state index in [2.05, 4.69) is 34.7 Å². The molecule has 0 aliphatic rings. The van der Waals surface area contributed by atoms with Gasteiger partial charge in [-0.05, 0) is 13.8 Å². The Balaban J connectivity index is 3.51. The van der Waals surface area contributed by atoms with Crippen LogP contribution in [-0.2, 0) is 4.74 Å². The minimum Gasteiger partial charge on any atom is -0.380 e. The summed E-state index contributed by atoms with van der Waals surface area (Å²) in [6.07, 6.45) is 0.238. The Bertz CT molecular complexity index is 127. The van der Waals surface area contributed by atoms with Crippen molar-refractivity contribution in [2.45, 2.75) is 26.0 Å². The fraction of sp³-hybridized carbons (Fsp3) is 0.750. The molecule has 0 aromatic heterocycles. The summed E-state index contributed by atoms with van der Waals surface area (Å²) >= 11 is 3.28. The molecule has 0 aromatic rings. The quantitative estimate of drug-likeness (QED) is 0.767. The van der Waals surface area contributed by atoms with E-state index < -0.39 is 0 Å². The Kier molecular flexibility index (Phi) is 5.82. The van der Waals surface area contributed by atoms with Crippen LogP contribution in [0.1, 0.15) is 13.8 Å². The van der Waals surface area contributed by atoms with E-state index in [0.717, 1.165) is 11.0 Å². The molecule has 0 radical (unpaired) electrons. The normalized spacial score (nSPS) is 16.0. The number of ether oxygens (including phenoxy) is 1. The van der Waals surface area contributed by atoms with Crippen LogP contribution in [0.5, 0.6) is 0 Å². The summed E-state index contributed by atoms with van der Waals surface area (Å²) in [5, 5.41) is 3.26. The molecule has 0 fully saturated rings. The summed E-state index contributed by atoms with van der Waals surface area (Å²) in [6, 6.07) is 0.356. The van der Waals surface area contributed by atoms with Crippen molar-refractivity contribution in [1.29, 1.82) is 0 Å². The van der Waals surface area contributed by atoms with Crippen molar-refractivity contribution in [3.63, 3.8) is 0 Å².